The summed E-state index contributed by atoms with van der Waals surface area (Å²) in [6.45, 7) is 1.96. The number of amides is 1. The molecule has 5 heteroatoms. The molecular formula is C26H24N2O3. The molecule has 0 radical (unpaired) electrons. The number of aliphatic hydroxyl groups is 1. The number of hydrogen-bond donors (Lipinski definition) is 1. The van der Waals surface area contributed by atoms with Crippen LogP contribution < -0.4 is 9.80 Å². The van der Waals surface area contributed by atoms with Gasteiger partial charge in [-0.3, -0.25) is 14.5 Å². The first-order chi connectivity index (χ1) is 14.9. The molecular weight excluding hydrogens is 388 g/mol. The second kappa shape index (κ2) is 8.11. The van der Waals surface area contributed by atoms with Crippen LogP contribution in [0.3, 0.4) is 0 Å². The van der Waals surface area contributed by atoms with Crippen molar-refractivity contribution in [3.8, 4) is 0 Å². The Morgan fingerprint density at radius 1 is 0.903 bits per heavy atom. The summed E-state index contributed by atoms with van der Waals surface area (Å²) in [6, 6.07) is 23.3. The molecule has 3 aromatic rings. The van der Waals surface area contributed by atoms with E-state index in [0.717, 1.165) is 16.8 Å². The highest BCUT2D eigenvalue weighted by Crippen LogP contribution is 2.42. The fourth-order valence-electron chi connectivity index (χ4n) is 3.92. The Labute approximate surface area is 181 Å². The van der Waals surface area contributed by atoms with E-state index in [9.17, 15) is 14.7 Å². The van der Waals surface area contributed by atoms with E-state index in [4.69, 9.17) is 0 Å². The van der Waals surface area contributed by atoms with Gasteiger partial charge in [-0.05, 0) is 36.8 Å². The number of aryl methyl sites for hydroxylation is 1. The number of nitrogens with zero attached hydrogens (tertiary/aromatic N) is 2. The smallest absolute Gasteiger partial charge is 0.300 e. The number of hydrogen-bond acceptors (Lipinski definition) is 4. The lowest BCUT2D eigenvalue weighted by Crippen LogP contribution is -2.29. The highest BCUT2D eigenvalue weighted by Gasteiger charge is 2.46. The predicted molar refractivity (Wildman–Crippen MR) is 123 cm³/mol. The molecule has 1 atom stereocenters. The molecule has 1 unspecified atom stereocenters. The number of anilines is 2. The van der Waals surface area contributed by atoms with E-state index in [1.165, 1.54) is 4.90 Å². The van der Waals surface area contributed by atoms with E-state index in [1.54, 1.807) is 24.3 Å². The molecule has 1 aliphatic heterocycles. The topological polar surface area (TPSA) is 60.9 Å². The maximum atomic E-state index is 13.2. The molecule has 1 aliphatic rings. The van der Waals surface area contributed by atoms with Crippen molar-refractivity contribution in [2.24, 2.45) is 0 Å². The van der Waals surface area contributed by atoms with Crippen LogP contribution in [0.15, 0.2) is 84.4 Å². The zero-order valence-electron chi connectivity index (χ0n) is 17.7. The lowest BCUT2D eigenvalue weighted by molar-refractivity contribution is -0.132. The van der Waals surface area contributed by atoms with Crippen LogP contribution >= 0.6 is 0 Å². The third-order valence-electron chi connectivity index (χ3n) is 5.49. The molecule has 0 aromatic heterocycles. The maximum Gasteiger partial charge on any atom is 0.300 e. The molecule has 0 saturated carbocycles. The first kappa shape index (κ1) is 20.4. The molecule has 1 saturated heterocycles. The van der Waals surface area contributed by atoms with Gasteiger partial charge in [-0.1, -0.05) is 60.2 Å². The van der Waals surface area contributed by atoms with E-state index in [-0.39, 0.29) is 11.3 Å². The third-order valence-corrected chi connectivity index (χ3v) is 5.49. The van der Waals surface area contributed by atoms with E-state index in [2.05, 4.69) is 0 Å². The summed E-state index contributed by atoms with van der Waals surface area (Å²) in [5, 5.41) is 11.1. The van der Waals surface area contributed by atoms with Gasteiger partial charge in [0.05, 0.1) is 11.6 Å². The molecule has 1 N–H and O–H groups in total. The zero-order chi connectivity index (χ0) is 22.1. The second-order valence-electron chi connectivity index (χ2n) is 7.86. The average Bonchev–Trinajstić information content (AvgIpc) is 3.04. The largest absolute Gasteiger partial charge is 0.507 e. The molecule has 31 heavy (non-hydrogen) atoms. The highest BCUT2D eigenvalue weighted by atomic mass is 16.3. The fraction of sp³-hybridized carbons (Fsp3) is 0.154. The van der Waals surface area contributed by atoms with Gasteiger partial charge in [0.1, 0.15) is 5.76 Å². The molecule has 1 fully saturated rings. The summed E-state index contributed by atoms with van der Waals surface area (Å²) in [6.07, 6.45) is 0. The number of benzene rings is 3. The van der Waals surface area contributed by atoms with Gasteiger partial charge < -0.3 is 10.0 Å². The molecule has 1 amide bonds. The van der Waals surface area contributed by atoms with Crippen LogP contribution in [0.5, 0.6) is 0 Å². The summed E-state index contributed by atoms with van der Waals surface area (Å²) < 4.78 is 0. The second-order valence-corrected chi connectivity index (χ2v) is 7.86. The van der Waals surface area contributed by atoms with Gasteiger partial charge in [0.25, 0.3) is 11.7 Å². The van der Waals surface area contributed by atoms with Crippen LogP contribution in [0.25, 0.3) is 5.76 Å². The third kappa shape index (κ3) is 3.70. The van der Waals surface area contributed by atoms with E-state index < -0.39 is 17.7 Å². The fourth-order valence-corrected chi connectivity index (χ4v) is 3.92. The average molecular weight is 412 g/mol. The minimum Gasteiger partial charge on any atom is -0.507 e. The molecule has 4 rings (SSSR count). The molecule has 156 valence electrons. The lowest BCUT2D eigenvalue weighted by atomic mass is 9.94. The van der Waals surface area contributed by atoms with Crippen LogP contribution in [-0.2, 0) is 9.59 Å². The summed E-state index contributed by atoms with van der Waals surface area (Å²) >= 11 is 0. The Morgan fingerprint density at radius 3 is 2.19 bits per heavy atom. The van der Waals surface area contributed by atoms with Crippen molar-refractivity contribution in [1.82, 2.24) is 0 Å². The molecule has 3 aromatic carbocycles. The number of carbonyl (C=O) groups excluding carboxylic acids is 2. The molecule has 0 aliphatic carbocycles. The van der Waals surface area contributed by atoms with Crippen LogP contribution in [0.2, 0.25) is 0 Å². The predicted octanol–water partition coefficient (Wildman–Crippen LogP) is 4.69. The Hall–Kier alpha value is -3.86. The number of Topliss-reactive ketones (excluding diaryl/α,β-unsaturated/α-hetero) is 1. The van der Waals surface area contributed by atoms with Crippen molar-refractivity contribution in [3.63, 3.8) is 0 Å². The van der Waals surface area contributed by atoms with Gasteiger partial charge in [0.15, 0.2) is 0 Å². The Balaban J connectivity index is 1.92. The standard InChI is InChI=1S/C26H24N2O3/c1-17-8-7-11-19(16-17)23-22(24(29)18-9-5-4-6-10-18)25(30)26(31)28(23)21-14-12-20(13-15-21)27(2)3/h4-16,23,29H,1-3H3/b24-22-. The monoisotopic (exact) mass is 412 g/mol. The lowest BCUT2D eigenvalue weighted by Gasteiger charge is -2.26. The van der Waals surface area contributed by atoms with Crippen LogP contribution in [0.1, 0.15) is 22.7 Å². The Morgan fingerprint density at radius 2 is 1.58 bits per heavy atom. The van der Waals surface area contributed by atoms with E-state index in [0.29, 0.717) is 11.3 Å². The SMILES string of the molecule is Cc1cccc(C2/C(=C(/O)c3ccccc3)C(=O)C(=O)N2c2ccc(N(C)C)cc2)c1. The Kier molecular flexibility index (Phi) is 5.34. The number of aliphatic hydroxyl groups excluding tert-OH is 1. The number of carbonyl (C=O) groups is 2. The van der Waals surface area contributed by atoms with Crippen molar-refractivity contribution < 1.29 is 14.7 Å². The normalized spacial score (nSPS) is 17.8. The quantitative estimate of drug-likeness (QED) is 0.384. The van der Waals surface area contributed by atoms with Gasteiger partial charge in [-0.15, -0.1) is 0 Å². The van der Waals surface area contributed by atoms with E-state index in [1.807, 2.05) is 80.5 Å². The summed E-state index contributed by atoms with van der Waals surface area (Å²) in [4.78, 5) is 29.7. The van der Waals surface area contributed by atoms with Crippen LogP contribution in [0.4, 0.5) is 11.4 Å². The zero-order valence-corrected chi connectivity index (χ0v) is 17.7. The number of rotatable bonds is 4. The van der Waals surface area contributed by atoms with Crippen molar-refractivity contribution >= 4 is 28.8 Å². The van der Waals surface area contributed by atoms with Crippen molar-refractivity contribution in [1.29, 1.82) is 0 Å². The summed E-state index contributed by atoms with van der Waals surface area (Å²) in [5.74, 6) is -1.51. The van der Waals surface area contributed by atoms with Crippen molar-refractivity contribution in [3.05, 3.63) is 101 Å². The van der Waals surface area contributed by atoms with Gasteiger partial charge in [-0.25, -0.2) is 0 Å². The minimum atomic E-state index is -0.717. The highest BCUT2D eigenvalue weighted by molar-refractivity contribution is 6.51. The first-order valence-electron chi connectivity index (χ1n) is 10.1. The molecule has 5 nitrogen and oxygen atoms in total. The Bertz CT molecular complexity index is 1160. The molecule has 1 heterocycles. The number of ketones is 1. The van der Waals surface area contributed by atoms with E-state index >= 15 is 0 Å². The van der Waals surface area contributed by atoms with Crippen LogP contribution in [-0.4, -0.2) is 30.9 Å². The maximum absolute atomic E-state index is 13.2. The minimum absolute atomic E-state index is 0.0958. The molecule has 0 spiro atoms. The van der Waals surface area contributed by atoms with Crippen molar-refractivity contribution in [2.45, 2.75) is 13.0 Å². The van der Waals surface area contributed by atoms with Crippen LogP contribution in [0, 0.1) is 6.92 Å². The molecule has 0 bridgehead atoms. The van der Waals surface area contributed by atoms with Gasteiger partial charge >= 0.3 is 0 Å². The first-order valence-corrected chi connectivity index (χ1v) is 10.1. The summed E-state index contributed by atoms with van der Waals surface area (Å²) in [5.41, 5.74) is 3.96. The van der Waals surface area contributed by atoms with Gasteiger partial charge in [0.2, 0.25) is 0 Å². The van der Waals surface area contributed by atoms with Gasteiger partial charge in [0, 0.05) is 31.0 Å². The van der Waals surface area contributed by atoms with Gasteiger partial charge in [-0.2, -0.15) is 0 Å². The van der Waals surface area contributed by atoms with Crippen molar-refractivity contribution in [2.75, 3.05) is 23.9 Å². The summed E-state index contributed by atoms with van der Waals surface area (Å²) in [7, 11) is 3.88.